The number of methoxy groups -OCH3 is 1. The molecule has 0 fully saturated rings. The average molecular weight is 221 g/mol. The lowest BCUT2D eigenvalue weighted by Gasteiger charge is -2.16. The van der Waals surface area contributed by atoms with Gasteiger partial charge in [-0.05, 0) is 49.4 Å². The van der Waals surface area contributed by atoms with E-state index in [-0.39, 0.29) is 0 Å². The Hall–Kier alpha value is -1.02. The second-order valence-electron chi connectivity index (χ2n) is 4.19. The first-order chi connectivity index (χ1) is 7.81. The van der Waals surface area contributed by atoms with Gasteiger partial charge < -0.3 is 10.5 Å². The van der Waals surface area contributed by atoms with Crippen LogP contribution in [0, 0.1) is 0 Å². The molecule has 90 valence electrons. The Kier molecular flexibility index (Phi) is 5.94. The lowest BCUT2D eigenvalue weighted by atomic mass is 9.90. The van der Waals surface area contributed by atoms with Crippen LogP contribution in [0.15, 0.2) is 24.3 Å². The van der Waals surface area contributed by atoms with Gasteiger partial charge in [0.15, 0.2) is 0 Å². The van der Waals surface area contributed by atoms with Crippen LogP contribution in [0.1, 0.15) is 44.1 Å². The van der Waals surface area contributed by atoms with Crippen LogP contribution in [0.5, 0.6) is 5.75 Å². The second kappa shape index (κ2) is 7.29. The molecule has 2 heteroatoms. The van der Waals surface area contributed by atoms with Gasteiger partial charge in [-0.1, -0.05) is 25.5 Å². The van der Waals surface area contributed by atoms with Crippen LogP contribution in [0.2, 0.25) is 0 Å². The molecule has 0 amide bonds. The minimum absolute atomic E-state index is 0.628. The molecule has 0 spiro atoms. The number of benzene rings is 1. The van der Waals surface area contributed by atoms with Gasteiger partial charge in [-0.2, -0.15) is 0 Å². The van der Waals surface area contributed by atoms with Gasteiger partial charge in [-0.15, -0.1) is 0 Å². The van der Waals surface area contributed by atoms with Gasteiger partial charge in [0.2, 0.25) is 0 Å². The fraction of sp³-hybridized carbons (Fsp3) is 0.571. The fourth-order valence-electron chi connectivity index (χ4n) is 2.09. The molecule has 0 aliphatic heterocycles. The summed E-state index contributed by atoms with van der Waals surface area (Å²) in [7, 11) is 1.72. The Morgan fingerprint density at radius 1 is 1.31 bits per heavy atom. The lowest BCUT2D eigenvalue weighted by molar-refractivity contribution is 0.413. The van der Waals surface area contributed by atoms with Crippen LogP contribution in [0.3, 0.4) is 0 Å². The maximum atomic E-state index is 5.58. The molecule has 1 atom stereocenters. The zero-order valence-electron chi connectivity index (χ0n) is 10.4. The SMILES string of the molecule is CCCC(CCCN)c1cccc(OC)c1. The topological polar surface area (TPSA) is 35.2 Å². The van der Waals surface area contributed by atoms with Gasteiger partial charge in [0, 0.05) is 0 Å². The van der Waals surface area contributed by atoms with E-state index in [1.54, 1.807) is 7.11 Å². The molecule has 1 rings (SSSR count). The van der Waals surface area contributed by atoms with Crippen LogP contribution in [0.25, 0.3) is 0 Å². The summed E-state index contributed by atoms with van der Waals surface area (Å²) in [4.78, 5) is 0. The van der Waals surface area contributed by atoms with Gasteiger partial charge >= 0.3 is 0 Å². The maximum absolute atomic E-state index is 5.58. The molecule has 0 aliphatic carbocycles. The third-order valence-corrected chi connectivity index (χ3v) is 2.96. The van der Waals surface area contributed by atoms with Crippen molar-refractivity contribution in [2.45, 2.75) is 38.5 Å². The van der Waals surface area contributed by atoms with Gasteiger partial charge in [0.05, 0.1) is 7.11 Å². The first-order valence-corrected chi connectivity index (χ1v) is 6.15. The highest BCUT2D eigenvalue weighted by atomic mass is 16.5. The normalized spacial score (nSPS) is 12.4. The van der Waals surface area contributed by atoms with E-state index in [0.717, 1.165) is 18.7 Å². The van der Waals surface area contributed by atoms with Gasteiger partial charge in [0.25, 0.3) is 0 Å². The molecule has 0 radical (unpaired) electrons. The Bertz CT molecular complexity index is 299. The number of ether oxygens (including phenoxy) is 1. The molecule has 2 N–H and O–H groups in total. The summed E-state index contributed by atoms with van der Waals surface area (Å²) in [5, 5.41) is 0. The largest absolute Gasteiger partial charge is 0.497 e. The Morgan fingerprint density at radius 2 is 2.12 bits per heavy atom. The average Bonchev–Trinajstić information content (AvgIpc) is 2.34. The van der Waals surface area contributed by atoms with Gasteiger partial charge in [0.1, 0.15) is 5.75 Å². The highest BCUT2D eigenvalue weighted by Crippen LogP contribution is 2.28. The monoisotopic (exact) mass is 221 g/mol. The molecular weight excluding hydrogens is 198 g/mol. The van der Waals surface area contributed by atoms with Crippen LogP contribution in [0.4, 0.5) is 0 Å². The van der Waals surface area contributed by atoms with Crippen molar-refractivity contribution >= 4 is 0 Å². The van der Waals surface area contributed by atoms with Crippen molar-refractivity contribution in [3.63, 3.8) is 0 Å². The van der Waals surface area contributed by atoms with Gasteiger partial charge in [-0.25, -0.2) is 0 Å². The predicted molar refractivity (Wildman–Crippen MR) is 68.9 cm³/mol. The summed E-state index contributed by atoms with van der Waals surface area (Å²) < 4.78 is 5.26. The van der Waals surface area contributed by atoms with E-state index in [2.05, 4.69) is 25.1 Å². The molecule has 1 aromatic carbocycles. The molecule has 1 aromatic rings. The molecule has 2 nitrogen and oxygen atoms in total. The number of hydrogen-bond acceptors (Lipinski definition) is 2. The molecule has 0 aromatic heterocycles. The molecule has 0 saturated carbocycles. The maximum Gasteiger partial charge on any atom is 0.119 e. The molecule has 0 heterocycles. The highest BCUT2D eigenvalue weighted by molar-refractivity contribution is 5.30. The van der Waals surface area contributed by atoms with Crippen molar-refractivity contribution < 1.29 is 4.74 Å². The molecule has 0 aliphatic rings. The zero-order valence-corrected chi connectivity index (χ0v) is 10.4. The van der Waals surface area contributed by atoms with Gasteiger partial charge in [-0.3, -0.25) is 0 Å². The Labute approximate surface area is 98.8 Å². The van der Waals surface area contributed by atoms with Crippen molar-refractivity contribution in [1.29, 1.82) is 0 Å². The van der Waals surface area contributed by atoms with Crippen molar-refractivity contribution in [1.82, 2.24) is 0 Å². The van der Waals surface area contributed by atoms with E-state index in [4.69, 9.17) is 10.5 Å². The molecule has 1 unspecified atom stereocenters. The summed E-state index contributed by atoms with van der Waals surface area (Å²) in [6.07, 6.45) is 4.72. The quantitative estimate of drug-likeness (QED) is 0.766. The molecule has 0 bridgehead atoms. The number of hydrogen-bond donors (Lipinski definition) is 1. The van der Waals surface area contributed by atoms with Crippen LogP contribution < -0.4 is 10.5 Å². The van der Waals surface area contributed by atoms with Crippen LogP contribution in [-0.2, 0) is 0 Å². The minimum atomic E-state index is 0.628. The van der Waals surface area contributed by atoms with Crippen LogP contribution in [-0.4, -0.2) is 13.7 Å². The summed E-state index contributed by atoms with van der Waals surface area (Å²) in [6, 6.07) is 8.41. The van der Waals surface area contributed by atoms with Crippen molar-refractivity contribution in [2.75, 3.05) is 13.7 Å². The lowest BCUT2D eigenvalue weighted by Crippen LogP contribution is -2.04. The smallest absolute Gasteiger partial charge is 0.119 e. The third-order valence-electron chi connectivity index (χ3n) is 2.96. The number of rotatable bonds is 7. The van der Waals surface area contributed by atoms with E-state index in [1.165, 1.54) is 24.8 Å². The van der Waals surface area contributed by atoms with Crippen molar-refractivity contribution in [2.24, 2.45) is 5.73 Å². The fourth-order valence-corrected chi connectivity index (χ4v) is 2.09. The molecule has 0 saturated heterocycles. The first kappa shape index (κ1) is 13.0. The second-order valence-corrected chi connectivity index (χ2v) is 4.19. The summed E-state index contributed by atoms with van der Waals surface area (Å²) in [5.74, 6) is 1.58. The number of nitrogens with two attached hydrogens (primary N) is 1. The summed E-state index contributed by atoms with van der Waals surface area (Å²) >= 11 is 0. The highest BCUT2D eigenvalue weighted by Gasteiger charge is 2.10. The Morgan fingerprint density at radius 3 is 2.75 bits per heavy atom. The van der Waals surface area contributed by atoms with E-state index in [0.29, 0.717) is 5.92 Å². The van der Waals surface area contributed by atoms with Crippen LogP contribution >= 0.6 is 0 Å². The standard InChI is InChI=1S/C14H23NO/c1-3-6-12(8-5-10-15)13-7-4-9-14(11-13)16-2/h4,7,9,11-12H,3,5-6,8,10,15H2,1-2H3. The van der Waals surface area contributed by atoms with E-state index >= 15 is 0 Å². The van der Waals surface area contributed by atoms with Crippen molar-refractivity contribution in [3.05, 3.63) is 29.8 Å². The molecule has 16 heavy (non-hydrogen) atoms. The van der Waals surface area contributed by atoms with E-state index in [1.807, 2.05) is 6.07 Å². The summed E-state index contributed by atoms with van der Waals surface area (Å²) in [5.41, 5.74) is 6.97. The Balaban J connectivity index is 2.73. The van der Waals surface area contributed by atoms with E-state index < -0.39 is 0 Å². The zero-order chi connectivity index (χ0) is 11.8. The van der Waals surface area contributed by atoms with E-state index in [9.17, 15) is 0 Å². The molecular formula is C14H23NO. The van der Waals surface area contributed by atoms with Crippen molar-refractivity contribution in [3.8, 4) is 5.75 Å². The predicted octanol–water partition coefficient (Wildman–Crippen LogP) is 3.32. The minimum Gasteiger partial charge on any atom is -0.497 e. The third kappa shape index (κ3) is 3.86. The first-order valence-electron chi connectivity index (χ1n) is 6.15. The summed E-state index contributed by atoms with van der Waals surface area (Å²) in [6.45, 7) is 3.01.